The summed E-state index contributed by atoms with van der Waals surface area (Å²) < 4.78 is 5.35. The number of nitrogens with one attached hydrogen (secondary N) is 1. The number of nitrogens with zero attached hydrogens (tertiary/aromatic N) is 2. The maximum absolute atomic E-state index is 11.6. The summed E-state index contributed by atoms with van der Waals surface area (Å²) in [6.07, 6.45) is 5.54. The first-order valence-corrected chi connectivity index (χ1v) is 6.96. The number of unbranched alkanes of at least 4 members (excludes halogenated alkanes) is 1. The lowest BCUT2D eigenvalue weighted by Gasteiger charge is -2.06. The van der Waals surface area contributed by atoms with Gasteiger partial charge >= 0.3 is 5.97 Å². The van der Waals surface area contributed by atoms with E-state index in [1.165, 1.54) is 6.33 Å². The molecule has 1 fully saturated rings. The number of cyclic esters (lactones) is 1. The number of aromatic nitrogens is 3. The molecule has 17 heavy (non-hydrogen) atoms. The molecule has 1 aliphatic rings. The van der Waals surface area contributed by atoms with E-state index < -0.39 is 0 Å². The zero-order valence-electron chi connectivity index (χ0n) is 9.89. The summed E-state index contributed by atoms with van der Waals surface area (Å²) in [6.45, 7) is 2.14. The van der Waals surface area contributed by atoms with Crippen LogP contribution in [0, 0.1) is 5.92 Å². The van der Waals surface area contributed by atoms with Gasteiger partial charge in [0.15, 0.2) is 5.16 Å². The predicted molar refractivity (Wildman–Crippen MR) is 64.6 cm³/mol. The quantitative estimate of drug-likeness (QED) is 0.622. The van der Waals surface area contributed by atoms with Crippen molar-refractivity contribution in [1.29, 1.82) is 0 Å². The molecular formula is C11H17N3O2S. The Kier molecular flexibility index (Phi) is 4.42. The molecule has 0 aromatic carbocycles. The minimum absolute atomic E-state index is 0.0263. The van der Waals surface area contributed by atoms with E-state index in [2.05, 4.69) is 22.1 Å². The van der Waals surface area contributed by atoms with Crippen molar-refractivity contribution in [3.05, 3.63) is 6.33 Å². The third-order valence-corrected chi connectivity index (χ3v) is 3.88. The van der Waals surface area contributed by atoms with Crippen molar-refractivity contribution in [3.8, 4) is 0 Å². The molecule has 0 spiro atoms. The van der Waals surface area contributed by atoms with Crippen molar-refractivity contribution in [2.75, 3.05) is 5.75 Å². The highest BCUT2D eigenvalue weighted by molar-refractivity contribution is 7.99. The number of ether oxygens (including phenoxy) is 1. The average Bonchev–Trinajstić information content (AvgIpc) is 2.93. The van der Waals surface area contributed by atoms with E-state index in [0.717, 1.165) is 36.6 Å². The number of hydrogen-bond acceptors (Lipinski definition) is 5. The van der Waals surface area contributed by atoms with Crippen LogP contribution in [0.2, 0.25) is 0 Å². The molecule has 0 bridgehead atoms. The lowest BCUT2D eigenvalue weighted by molar-refractivity contribution is -0.143. The van der Waals surface area contributed by atoms with E-state index in [1.54, 1.807) is 11.8 Å². The van der Waals surface area contributed by atoms with Crippen LogP contribution in [0.15, 0.2) is 11.5 Å². The lowest BCUT2D eigenvalue weighted by Crippen LogP contribution is -2.09. The largest absolute Gasteiger partial charge is 0.461 e. The highest BCUT2D eigenvalue weighted by atomic mass is 32.2. The van der Waals surface area contributed by atoms with Crippen LogP contribution in [0.25, 0.3) is 0 Å². The second-order valence-electron chi connectivity index (χ2n) is 4.24. The Balaban J connectivity index is 1.74. The average molecular weight is 255 g/mol. The molecule has 0 radical (unpaired) electrons. The van der Waals surface area contributed by atoms with Crippen LogP contribution >= 0.6 is 11.8 Å². The minimum Gasteiger partial charge on any atom is -0.461 e. The van der Waals surface area contributed by atoms with Crippen molar-refractivity contribution in [2.24, 2.45) is 5.92 Å². The summed E-state index contributed by atoms with van der Waals surface area (Å²) in [5, 5.41) is 7.33. The maximum atomic E-state index is 11.6. The molecule has 94 valence electrons. The third kappa shape index (κ3) is 3.46. The number of carbonyl (C=O) groups is 1. The molecule has 0 saturated carbocycles. The number of rotatable bonds is 6. The van der Waals surface area contributed by atoms with Gasteiger partial charge in [-0.1, -0.05) is 31.5 Å². The molecule has 1 aromatic heterocycles. The first-order valence-electron chi connectivity index (χ1n) is 5.98. The second kappa shape index (κ2) is 6.05. The Morgan fingerprint density at radius 1 is 1.65 bits per heavy atom. The molecular weight excluding hydrogens is 238 g/mol. The fourth-order valence-electron chi connectivity index (χ4n) is 1.95. The number of H-pyrrole nitrogens is 1. The molecule has 2 rings (SSSR count). The van der Waals surface area contributed by atoms with Gasteiger partial charge in [0.05, 0.1) is 5.92 Å². The highest BCUT2D eigenvalue weighted by Gasteiger charge is 2.33. The zero-order chi connectivity index (χ0) is 12.1. The summed E-state index contributed by atoms with van der Waals surface area (Å²) in [4.78, 5) is 15.6. The summed E-state index contributed by atoms with van der Waals surface area (Å²) in [6, 6.07) is 0. The van der Waals surface area contributed by atoms with Gasteiger partial charge < -0.3 is 4.74 Å². The molecule has 6 heteroatoms. The van der Waals surface area contributed by atoms with E-state index in [4.69, 9.17) is 4.74 Å². The molecule has 1 saturated heterocycles. The lowest BCUT2D eigenvalue weighted by atomic mass is 9.99. The van der Waals surface area contributed by atoms with Crippen LogP contribution in [0.3, 0.4) is 0 Å². The topological polar surface area (TPSA) is 67.9 Å². The fraction of sp³-hybridized carbons (Fsp3) is 0.727. The Morgan fingerprint density at radius 2 is 2.53 bits per heavy atom. The number of thioether (sulfide) groups is 1. The Hall–Kier alpha value is -1.04. The van der Waals surface area contributed by atoms with Gasteiger partial charge in [-0.05, 0) is 12.8 Å². The van der Waals surface area contributed by atoms with Crippen molar-refractivity contribution >= 4 is 17.7 Å². The summed E-state index contributed by atoms with van der Waals surface area (Å²) in [5.41, 5.74) is 0. The second-order valence-corrected chi connectivity index (χ2v) is 5.24. The molecule has 2 atom stereocenters. The highest BCUT2D eigenvalue weighted by Crippen LogP contribution is 2.28. The van der Waals surface area contributed by atoms with Crippen LogP contribution in [-0.4, -0.2) is 33.0 Å². The monoisotopic (exact) mass is 255 g/mol. The molecule has 5 nitrogen and oxygen atoms in total. The fourth-order valence-corrected chi connectivity index (χ4v) is 2.73. The predicted octanol–water partition coefficient (Wildman–Crippen LogP) is 2.02. The summed E-state index contributed by atoms with van der Waals surface area (Å²) in [7, 11) is 0. The van der Waals surface area contributed by atoms with E-state index >= 15 is 0 Å². The zero-order valence-corrected chi connectivity index (χ0v) is 10.7. The molecule has 1 aliphatic heterocycles. The van der Waals surface area contributed by atoms with Crippen molar-refractivity contribution in [1.82, 2.24) is 15.2 Å². The van der Waals surface area contributed by atoms with Gasteiger partial charge in [-0.3, -0.25) is 9.89 Å². The van der Waals surface area contributed by atoms with Crippen LogP contribution in [-0.2, 0) is 9.53 Å². The van der Waals surface area contributed by atoms with Gasteiger partial charge in [0.2, 0.25) is 0 Å². The number of esters is 1. The molecule has 1 aromatic rings. The van der Waals surface area contributed by atoms with E-state index in [1.807, 2.05) is 0 Å². The van der Waals surface area contributed by atoms with E-state index in [-0.39, 0.29) is 18.0 Å². The van der Waals surface area contributed by atoms with Gasteiger partial charge in [-0.25, -0.2) is 4.98 Å². The molecule has 0 amide bonds. The van der Waals surface area contributed by atoms with Gasteiger partial charge in [-0.2, -0.15) is 5.10 Å². The Labute approximate surface area is 105 Å². The van der Waals surface area contributed by atoms with Crippen LogP contribution in [0.4, 0.5) is 0 Å². The van der Waals surface area contributed by atoms with E-state index in [9.17, 15) is 4.79 Å². The van der Waals surface area contributed by atoms with E-state index in [0.29, 0.717) is 0 Å². The molecule has 0 aliphatic carbocycles. The summed E-state index contributed by atoms with van der Waals surface area (Å²) in [5.74, 6) is 0.834. The smallest absolute Gasteiger partial charge is 0.309 e. The standard InChI is InChI=1S/C11H17N3O2S/c1-2-3-4-8-5-9(16-10(8)15)6-17-11-12-7-13-14-11/h7-9H,2-6H2,1H3,(H,12,13,14)/t8-,9+/m0/s1. The number of hydrogen-bond donors (Lipinski definition) is 1. The molecule has 0 unspecified atom stereocenters. The van der Waals surface area contributed by atoms with Gasteiger partial charge in [0, 0.05) is 5.75 Å². The number of carbonyl (C=O) groups excluding carboxylic acids is 1. The van der Waals surface area contributed by atoms with Crippen LogP contribution in [0.1, 0.15) is 32.6 Å². The first kappa shape index (κ1) is 12.4. The Morgan fingerprint density at radius 3 is 3.24 bits per heavy atom. The van der Waals surface area contributed by atoms with Crippen molar-refractivity contribution < 1.29 is 9.53 Å². The normalized spacial score (nSPS) is 23.9. The summed E-state index contributed by atoms with van der Waals surface area (Å²) >= 11 is 1.55. The van der Waals surface area contributed by atoms with Gasteiger partial charge in [-0.15, -0.1) is 0 Å². The molecule has 1 N–H and O–H groups in total. The Bertz CT molecular complexity index is 356. The van der Waals surface area contributed by atoms with Crippen LogP contribution in [0.5, 0.6) is 0 Å². The SMILES string of the molecule is CCCC[C@H]1C[C@H](CSc2ncn[nH]2)OC1=O. The first-order chi connectivity index (χ1) is 8.29. The minimum atomic E-state index is -0.0263. The van der Waals surface area contributed by atoms with Crippen LogP contribution < -0.4 is 0 Å². The number of aromatic amines is 1. The van der Waals surface area contributed by atoms with Crippen molar-refractivity contribution in [3.63, 3.8) is 0 Å². The van der Waals surface area contributed by atoms with Gasteiger partial charge in [0.25, 0.3) is 0 Å². The third-order valence-electron chi connectivity index (χ3n) is 2.87. The molecule has 2 heterocycles. The maximum Gasteiger partial charge on any atom is 0.309 e. The van der Waals surface area contributed by atoms with Gasteiger partial charge in [0.1, 0.15) is 12.4 Å². The van der Waals surface area contributed by atoms with Crippen molar-refractivity contribution in [2.45, 2.75) is 43.9 Å².